The van der Waals surface area contributed by atoms with Crippen LogP contribution in [-0.4, -0.2) is 15.7 Å². The van der Waals surface area contributed by atoms with Gasteiger partial charge in [-0.25, -0.2) is 13.5 Å². The molecule has 3 rings (SSSR count). The number of hydrogen-bond donors (Lipinski definition) is 1. The molecular weight excluding hydrogens is 312 g/mol. The molecule has 0 saturated carbocycles. The average Bonchev–Trinajstić information content (AvgIpc) is 2.95. The summed E-state index contributed by atoms with van der Waals surface area (Å²) >= 11 is 0. The van der Waals surface area contributed by atoms with Gasteiger partial charge in [0.2, 0.25) is 0 Å². The van der Waals surface area contributed by atoms with Crippen LogP contribution in [0.5, 0.6) is 0 Å². The lowest BCUT2D eigenvalue weighted by atomic mass is 10.2. The summed E-state index contributed by atoms with van der Waals surface area (Å²) in [5, 5.41) is 6.92. The van der Waals surface area contributed by atoms with Crippen molar-refractivity contribution in [1.82, 2.24) is 15.1 Å². The second-order valence-corrected chi connectivity index (χ2v) is 5.34. The van der Waals surface area contributed by atoms with Gasteiger partial charge in [0.05, 0.1) is 23.1 Å². The minimum atomic E-state index is -0.345. The maximum atomic E-state index is 13.1. The molecule has 6 heteroatoms. The highest BCUT2D eigenvalue weighted by Crippen LogP contribution is 2.15. The summed E-state index contributed by atoms with van der Waals surface area (Å²) < 4.78 is 27.7. The van der Waals surface area contributed by atoms with E-state index in [4.69, 9.17) is 0 Å². The summed E-state index contributed by atoms with van der Waals surface area (Å²) in [7, 11) is 0. The largest absolute Gasteiger partial charge is 0.348 e. The number of benzene rings is 2. The second kappa shape index (κ2) is 6.62. The van der Waals surface area contributed by atoms with Crippen LogP contribution in [0.15, 0.2) is 54.7 Å². The van der Waals surface area contributed by atoms with Crippen LogP contribution in [-0.2, 0) is 6.54 Å². The smallest absolute Gasteiger partial charge is 0.255 e. The van der Waals surface area contributed by atoms with Crippen molar-refractivity contribution in [3.8, 4) is 5.69 Å². The summed E-state index contributed by atoms with van der Waals surface area (Å²) in [4.78, 5) is 12.3. The Balaban J connectivity index is 1.75. The van der Waals surface area contributed by atoms with Gasteiger partial charge in [-0.3, -0.25) is 4.79 Å². The fourth-order valence-corrected chi connectivity index (χ4v) is 2.40. The lowest BCUT2D eigenvalue weighted by Crippen LogP contribution is -2.23. The molecule has 3 aromatic rings. The maximum absolute atomic E-state index is 13.1. The van der Waals surface area contributed by atoms with Crippen LogP contribution in [0.2, 0.25) is 0 Å². The number of aromatic nitrogens is 2. The van der Waals surface area contributed by atoms with Crippen LogP contribution in [0.1, 0.15) is 21.6 Å². The molecule has 1 N–H and O–H groups in total. The predicted octanol–water partition coefficient (Wildman–Crippen LogP) is 3.39. The first-order chi connectivity index (χ1) is 11.5. The van der Waals surface area contributed by atoms with Gasteiger partial charge in [-0.2, -0.15) is 5.10 Å². The van der Waals surface area contributed by atoms with Crippen molar-refractivity contribution in [3.05, 3.63) is 83.2 Å². The molecule has 0 spiro atoms. The number of amides is 1. The minimum Gasteiger partial charge on any atom is -0.348 e. The Morgan fingerprint density at radius 2 is 1.88 bits per heavy atom. The van der Waals surface area contributed by atoms with Gasteiger partial charge in [-0.1, -0.05) is 12.1 Å². The molecule has 0 saturated heterocycles. The molecule has 0 fully saturated rings. The number of nitrogens with one attached hydrogen (secondary N) is 1. The number of halogens is 2. The van der Waals surface area contributed by atoms with E-state index in [1.807, 2.05) is 0 Å². The van der Waals surface area contributed by atoms with Crippen molar-refractivity contribution in [2.45, 2.75) is 13.5 Å². The Morgan fingerprint density at radius 1 is 1.12 bits per heavy atom. The van der Waals surface area contributed by atoms with Crippen molar-refractivity contribution < 1.29 is 13.6 Å². The minimum absolute atomic E-state index is 0.220. The number of hydrogen-bond acceptors (Lipinski definition) is 2. The van der Waals surface area contributed by atoms with E-state index < -0.39 is 0 Å². The van der Waals surface area contributed by atoms with Crippen LogP contribution in [0.4, 0.5) is 8.78 Å². The summed E-state index contributed by atoms with van der Waals surface area (Å²) in [5.41, 5.74) is 2.39. The van der Waals surface area contributed by atoms with Gasteiger partial charge in [0.1, 0.15) is 11.6 Å². The van der Waals surface area contributed by atoms with Gasteiger partial charge in [-0.05, 0) is 48.9 Å². The standard InChI is InChI=1S/C18H15F2N3O/c1-12-17(11-22-23(12)16-7-5-14(19)6-8-16)18(24)21-10-13-3-2-4-15(20)9-13/h2-9,11H,10H2,1H3,(H,21,24). The van der Waals surface area contributed by atoms with Crippen molar-refractivity contribution in [2.24, 2.45) is 0 Å². The number of nitrogens with zero attached hydrogens (tertiary/aromatic N) is 2. The topological polar surface area (TPSA) is 46.9 Å². The average molecular weight is 327 g/mol. The quantitative estimate of drug-likeness (QED) is 0.798. The summed E-state index contributed by atoms with van der Waals surface area (Å²) in [6, 6.07) is 11.9. The van der Waals surface area contributed by atoms with Gasteiger partial charge in [-0.15, -0.1) is 0 Å². The molecule has 0 atom stereocenters. The monoisotopic (exact) mass is 327 g/mol. The zero-order valence-electron chi connectivity index (χ0n) is 13.0. The van der Waals surface area contributed by atoms with Gasteiger partial charge >= 0.3 is 0 Å². The first kappa shape index (κ1) is 15.9. The van der Waals surface area contributed by atoms with E-state index in [0.29, 0.717) is 22.5 Å². The Bertz CT molecular complexity index is 872. The molecule has 2 aromatic carbocycles. The van der Waals surface area contributed by atoms with Crippen molar-refractivity contribution in [1.29, 1.82) is 0 Å². The van der Waals surface area contributed by atoms with Crippen LogP contribution < -0.4 is 5.32 Å². The molecule has 1 heterocycles. The van der Waals surface area contributed by atoms with E-state index in [-0.39, 0.29) is 24.1 Å². The third-order valence-electron chi connectivity index (χ3n) is 3.67. The highest BCUT2D eigenvalue weighted by Gasteiger charge is 2.15. The Morgan fingerprint density at radius 3 is 2.58 bits per heavy atom. The molecule has 0 aliphatic heterocycles. The molecule has 1 aromatic heterocycles. The Kier molecular flexibility index (Phi) is 4.37. The molecule has 0 aliphatic carbocycles. The summed E-state index contributed by atoms with van der Waals surface area (Å²) in [5.74, 6) is -0.983. The first-order valence-electron chi connectivity index (χ1n) is 7.38. The van der Waals surface area contributed by atoms with Gasteiger partial charge in [0.15, 0.2) is 0 Å². The molecule has 0 bridgehead atoms. The highest BCUT2D eigenvalue weighted by molar-refractivity contribution is 5.95. The fourth-order valence-electron chi connectivity index (χ4n) is 2.40. The predicted molar refractivity (Wildman–Crippen MR) is 85.8 cm³/mol. The second-order valence-electron chi connectivity index (χ2n) is 5.34. The maximum Gasteiger partial charge on any atom is 0.255 e. The number of carbonyl (C=O) groups is 1. The molecule has 1 amide bonds. The number of carbonyl (C=O) groups excluding carboxylic acids is 1. The molecular formula is C18H15F2N3O. The van der Waals surface area contributed by atoms with Crippen LogP contribution in [0.3, 0.4) is 0 Å². The number of rotatable bonds is 4. The SMILES string of the molecule is Cc1c(C(=O)NCc2cccc(F)c2)cnn1-c1ccc(F)cc1. The molecule has 0 unspecified atom stereocenters. The Labute approximate surface area is 137 Å². The fraction of sp³-hybridized carbons (Fsp3) is 0.111. The van der Waals surface area contributed by atoms with E-state index in [1.165, 1.54) is 30.5 Å². The van der Waals surface area contributed by atoms with Crippen molar-refractivity contribution in [3.63, 3.8) is 0 Å². The zero-order valence-corrected chi connectivity index (χ0v) is 13.0. The van der Waals surface area contributed by atoms with E-state index in [0.717, 1.165) is 0 Å². The zero-order chi connectivity index (χ0) is 17.1. The van der Waals surface area contributed by atoms with Crippen LogP contribution in [0.25, 0.3) is 5.69 Å². The highest BCUT2D eigenvalue weighted by atomic mass is 19.1. The van der Waals surface area contributed by atoms with E-state index in [1.54, 1.807) is 35.9 Å². The molecule has 4 nitrogen and oxygen atoms in total. The third-order valence-corrected chi connectivity index (χ3v) is 3.67. The van der Waals surface area contributed by atoms with E-state index in [2.05, 4.69) is 10.4 Å². The van der Waals surface area contributed by atoms with Gasteiger partial charge in [0, 0.05) is 6.54 Å². The lowest BCUT2D eigenvalue weighted by Gasteiger charge is -2.07. The van der Waals surface area contributed by atoms with Gasteiger partial charge < -0.3 is 5.32 Å². The van der Waals surface area contributed by atoms with Crippen LogP contribution >= 0.6 is 0 Å². The van der Waals surface area contributed by atoms with E-state index >= 15 is 0 Å². The normalized spacial score (nSPS) is 10.6. The van der Waals surface area contributed by atoms with E-state index in [9.17, 15) is 13.6 Å². The van der Waals surface area contributed by atoms with Crippen LogP contribution in [0, 0.1) is 18.6 Å². The molecule has 0 aliphatic rings. The Hall–Kier alpha value is -3.02. The first-order valence-corrected chi connectivity index (χ1v) is 7.38. The van der Waals surface area contributed by atoms with Gasteiger partial charge in [0.25, 0.3) is 5.91 Å². The van der Waals surface area contributed by atoms with Crippen molar-refractivity contribution in [2.75, 3.05) is 0 Å². The molecule has 24 heavy (non-hydrogen) atoms. The summed E-state index contributed by atoms with van der Waals surface area (Å²) in [6.45, 7) is 1.98. The molecule has 122 valence electrons. The van der Waals surface area contributed by atoms with Crippen molar-refractivity contribution >= 4 is 5.91 Å². The molecule has 0 radical (unpaired) electrons. The lowest BCUT2D eigenvalue weighted by molar-refractivity contribution is 0.0950. The summed E-state index contributed by atoms with van der Waals surface area (Å²) in [6.07, 6.45) is 1.46. The third kappa shape index (κ3) is 3.32.